The molecular weight excluding hydrogens is 1330 g/mol. The van der Waals surface area contributed by atoms with Crippen LogP contribution in [0.1, 0.15) is 163 Å². The molecule has 1 aromatic carbocycles. The molecule has 37 heteroatoms. The van der Waals surface area contributed by atoms with E-state index in [1.807, 2.05) is 34.6 Å². The van der Waals surface area contributed by atoms with Crippen LogP contribution in [0, 0.1) is 28.6 Å². The maximum Gasteiger partial charge on any atom is 0.304 e. The number of aliphatic carboxylic acids is 1. The molecule has 0 aliphatic carbocycles. The number of unbranched alkanes of at least 4 members (excludes halogenated alkanes) is 2. The minimum absolute atomic E-state index is 0.000467. The summed E-state index contributed by atoms with van der Waals surface area (Å²) in [5, 5.41) is 77.0. The third-order valence-electron chi connectivity index (χ3n) is 16.2. The molecule has 12 amide bonds. The lowest BCUT2D eigenvalue weighted by molar-refractivity contribution is -0.141. The first kappa shape index (κ1) is 90.5. The van der Waals surface area contributed by atoms with E-state index in [1.54, 1.807) is 0 Å². The summed E-state index contributed by atoms with van der Waals surface area (Å²) in [4.78, 5) is 177. The number of carbonyl (C=O) groups is 13. The number of benzene rings is 1. The highest BCUT2D eigenvalue weighted by atomic mass is 16.4. The molecule has 0 aliphatic heterocycles. The van der Waals surface area contributed by atoms with Gasteiger partial charge in [0.15, 0.2) is 11.9 Å². The van der Waals surface area contributed by atoms with Crippen molar-refractivity contribution in [2.45, 2.75) is 237 Å². The zero-order valence-electron chi connectivity index (χ0n) is 59.7. The number of phenolic OH excluding ortho intramolecular Hbond substituents is 1. The van der Waals surface area contributed by atoms with E-state index < -0.39 is 199 Å². The lowest BCUT2D eigenvalue weighted by Crippen LogP contribution is -2.61. The van der Waals surface area contributed by atoms with Gasteiger partial charge in [-0.3, -0.25) is 73.1 Å². The Balaban J connectivity index is 3.93. The van der Waals surface area contributed by atoms with Crippen LogP contribution in [0.25, 0.3) is 0 Å². The van der Waals surface area contributed by atoms with Crippen molar-refractivity contribution in [3.05, 3.63) is 29.8 Å². The molecule has 102 heavy (non-hydrogen) atoms. The number of hydrogen-bond donors (Lipinski definition) is 24. The Morgan fingerprint density at radius 1 is 0.441 bits per heavy atom. The third-order valence-corrected chi connectivity index (χ3v) is 16.2. The van der Waals surface area contributed by atoms with Crippen molar-refractivity contribution in [2.24, 2.45) is 57.9 Å². The van der Waals surface area contributed by atoms with E-state index in [4.69, 9.17) is 51.0 Å². The second-order valence-corrected chi connectivity index (χ2v) is 26.4. The van der Waals surface area contributed by atoms with Gasteiger partial charge in [-0.15, -0.1) is 0 Å². The van der Waals surface area contributed by atoms with Crippen LogP contribution in [0.15, 0.2) is 24.3 Å². The van der Waals surface area contributed by atoms with Gasteiger partial charge in [0.05, 0.1) is 18.6 Å². The van der Waals surface area contributed by atoms with Gasteiger partial charge in [-0.1, -0.05) is 53.2 Å². The Bertz CT molecular complexity index is 2920. The lowest BCUT2D eigenvalue weighted by Gasteiger charge is -2.32. The van der Waals surface area contributed by atoms with Crippen LogP contribution in [0.2, 0.25) is 0 Å². The van der Waals surface area contributed by atoms with E-state index in [0.717, 1.165) is 6.92 Å². The number of carboxylic acid groups (broad SMARTS) is 1. The highest BCUT2D eigenvalue weighted by Crippen LogP contribution is 2.17. The Kier molecular flexibility index (Phi) is 42.9. The summed E-state index contributed by atoms with van der Waals surface area (Å²) < 4.78 is 0. The van der Waals surface area contributed by atoms with Crippen LogP contribution < -0.4 is 104 Å². The fourth-order valence-corrected chi connectivity index (χ4v) is 10.6. The van der Waals surface area contributed by atoms with E-state index in [1.165, 1.54) is 31.2 Å². The molecule has 0 saturated carbocycles. The maximum absolute atomic E-state index is 14.9. The highest BCUT2D eigenvalue weighted by Gasteiger charge is 2.37. The first-order valence-corrected chi connectivity index (χ1v) is 34.5. The fraction of sp³-hybridized carbons (Fsp3) is 0.677. The maximum atomic E-state index is 14.9. The van der Waals surface area contributed by atoms with E-state index in [0.29, 0.717) is 50.6 Å². The molecule has 0 heterocycles. The first-order chi connectivity index (χ1) is 47.9. The number of amides is 12. The van der Waals surface area contributed by atoms with Crippen molar-refractivity contribution in [3.63, 3.8) is 0 Å². The Hall–Kier alpha value is -9.49. The number of guanidine groups is 2. The standard InChI is InChI=1S/C65H115N21O16/c1-34(2)30-47(37(6)77-41(54(70)93)14-8-10-26-66)83-61(100)48(31-35(3)4)84-58(97)42(15-9-11-27-67)78-56(95)43(16-12-28-75-64(71)72)79-62(101)49(33-39-18-20-40(88)21-19-39)85-60(99)46(23-25-51(69)90)81-59(98)45(22-24-50(68)89)80-57(96)44(17-13-29-76-65(73)74)82-63(102)53(38(7)87)86-55(94)36(5)32-52(91)92/h18-21,34-38,41-49,53,77,87-88H,8-17,22-33,66-67H2,1-7H3,(H2,68,89)(H2,69,90)(H2,70,93)(H,78,95)(H,79,101)(H,80,96)(H,81,98)(H,82,102)(H,83,100)(H,84,97)(H,85,99)(H,86,94)(H,91,92)(H4,71,72,75)(H4,73,74,76)/t36-,37?,38+,41-,42-,43-,44-,45-,46-,47-,48-,49-,53-/m0/s1. The Morgan fingerprint density at radius 3 is 1.20 bits per heavy atom. The van der Waals surface area contributed by atoms with Crippen molar-refractivity contribution in [3.8, 4) is 5.75 Å². The first-order valence-electron chi connectivity index (χ1n) is 34.5. The summed E-state index contributed by atoms with van der Waals surface area (Å²) in [5.74, 6) is -14.9. The number of aliphatic hydroxyl groups excluding tert-OH is 1. The van der Waals surface area contributed by atoms with E-state index in [-0.39, 0.29) is 82.2 Å². The van der Waals surface area contributed by atoms with Crippen LogP contribution in [-0.2, 0) is 68.7 Å². The summed E-state index contributed by atoms with van der Waals surface area (Å²) in [6.07, 6.45) is -2.24. The number of primary amides is 3. The molecule has 0 fully saturated rings. The molecule has 0 aliphatic rings. The second-order valence-electron chi connectivity index (χ2n) is 26.4. The zero-order valence-corrected chi connectivity index (χ0v) is 59.7. The van der Waals surface area contributed by atoms with Gasteiger partial charge in [-0.25, -0.2) is 0 Å². The fourth-order valence-electron chi connectivity index (χ4n) is 10.6. The quantitative estimate of drug-likeness (QED) is 0.0165. The van der Waals surface area contributed by atoms with Gasteiger partial charge < -0.3 is 119 Å². The summed E-state index contributed by atoms with van der Waals surface area (Å²) in [7, 11) is 0. The number of phenols is 1. The van der Waals surface area contributed by atoms with Crippen LogP contribution in [-0.4, -0.2) is 203 Å². The van der Waals surface area contributed by atoms with Gasteiger partial charge in [0, 0.05) is 50.4 Å². The topological polar surface area (TPSA) is 657 Å². The lowest BCUT2D eigenvalue weighted by atomic mass is 9.95. The minimum atomic E-state index is -1.79. The van der Waals surface area contributed by atoms with Crippen molar-refractivity contribution < 1.29 is 77.6 Å². The molecule has 0 saturated heterocycles. The zero-order chi connectivity index (χ0) is 77.3. The van der Waals surface area contributed by atoms with Crippen LogP contribution >= 0.6 is 0 Å². The number of hydrogen-bond acceptors (Lipinski definition) is 20. The largest absolute Gasteiger partial charge is 0.508 e. The van der Waals surface area contributed by atoms with Crippen molar-refractivity contribution in [1.82, 2.24) is 63.8 Å². The van der Waals surface area contributed by atoms with E-state index in [9.17, 15) is 77.6 Å². The highest BCUT2D eigenvalue weighted by molar-refractivity contribution is 5.99. The van der Waals surface area contributed by atoms with Crippen molar-refractivity contribution >= 4 is 88.8 Å². The average Bonchev–Trinajstić information content (AvgIpc) is 0.857. The van der Waals surface area contributed by atoms with Gasteiger partial charge >= 0.3 is 5.97 Å². The minimum Gasteiger partial charge on any atom is -0.508 e. The number of aromatic hydroxyl groups is 1. The summed E-state index contributed by atoms with van der Waals surface area (Å²) >= 11 is 0. The number of nitrogens with two attached hydrogens (primary N) is 7. The molecule has 0 aromatic heterocycles. The van der Waals surface area contributed by atoms with Crippen LogP contribution in [0.4, 0.5) is 0 Å². The van der Waals surface area contributed by atoms with Gasteiger partial charge in [0.25, 0.3) is 0 Å². The van der Waals surface area contributed by atoms with Gasteiger partial charge in [0.2, 0.25) is 70.9 Å². The third kappa shape index (κ3) is 37.8. The SMILES string of the molecule is CC(C)C[C@H](NC(=O)[C@H](CCCCN)NC(=O)[C@H](CCCNC(=N)N)NC(=O)[C@H](Cc1ccc(O)cc1)NC(=O)[C@H](CCC(N)=O)NC(=O)[C@H](CCC(N)=O)NC(=O)[C@H](CCCNC(=N)N)NC(=O)[C@@H](NC(=O)[C@@H](C)CC(=O)O)[C@@H](C)O)C(=O)N[C@@H](CC(C)C)C(C)N[C@@H](CCCCN)C(N)=O. The van der Waals surface area contributed by atoms with Crippen LogP contribution in [0.5, 0.6) is 5.75 Å². The van der Waals surface area contributed by atoms with Gasteiger partial charge in [-0.05, 0) is 140 Å². The monoisotopic (exact) mass is 1450 g/mol. The molecule has 576 valence electrons. The molecule has 0 radical (unpaired) electrons. The number of aliphatic hydroxyl groups is 1. The average molecular weight is 1450 g/mol. The number of nitrogens with one attached hydrogen (secondary N) is 14. The summed E-state index contributed by atoms with van der Waals surface area (Å²) in [5.41, 5.74) is 39.6. The predicted molar refractivity (Wildman–Crippen MR) is 378 cm³/mol. The smallest absolute Gasteiger partial charge is 0.304 e. The number of carboxylic acids is 1. The van der Waals surface area contributed by atoms with Crippen molar-refractivity contribution in [2.75, 3.05) is 26.2 Å². The molecule has 0 spiro atoms. The normalized spacial score (nSPS) is 15.0. The molecular formula is C65H115N21O16. The Morgan fingerprint density at radius 2 is 0.814 bits per heavy atom. The van der Waals surface area contributed by atoms with Gasteiger partial charge in [-0.2, -0.15) is 0 Å². The molecule has 13 atom stereocenters. The van der Waals surface area contributed by atoms with Gasteiger partial charge in [0.1, 0.15) is 54.1 Å². The molecule has 37 nitrogen and oxygen atoms in total. The summed E-state index contributed by atoms with van der Waals surface area (Å²) in [6, 6.07) is -8.99. The summed E-state index contributed by atoms with van der Waals surface area (Å²) in [6.45, 7) is 12.4. The van der Waals surface area contributed by atoms with Crippen molar-refractivity contribution in [1.29, 1.82) is 10.8 Å². The molecule has 31 N–H and O–H groups in total. The second kappa shape index (κ2) is 48.4. The predicted octanol–water partition coefficient (Wildman–Crippen LogP) is -4.97. The Labute approximate surface area is 595 Å². The molecule has 1 unspecified atom stereocenters. The molecule has 0 bridgehead atoms. The number of rotatable bonds is 53. The van der Waals surface area contributed by atoms with E-state index in [2.05, 4.69) is 63.8 Å². The molecule has 1 rings (SSSR count). The van der Waals surface area contributed by atoms with E-state index >= 15 is 0 Å². The van der Waals surface area contributed by atoms with Crippen LogP contribution in [0.3, 0.4) is 0 Å². The molecule has 1 aromatic rings. The number of carbonyl (C=O) groups excluding carboxylic acids is 12.